The molecular formula is C47H52N4O. The van der Waals surface area contributed by atoms with Gasteiger partial charge in [-0.05, 0) is 107 Å². The maximum atomic E-state index is 6.77. The Labute approximate surface area is 309 Å². The van der Waals surface area contributed by atoms with Crippen molar-refractivity contribution < 1.29 is 4.74 Å². The highest BCUT2D eigenvalue weighted by molar-refractivity contribution is 6.09. The van der Waals surface area contributed by atoms with Crippen LogP contribution in [-0.4, -0.2) is 19.3 Å². The van der Waals surface area contributed by atoms with Crippen molar-refractivity contribution in [2.45, 2.75) is 92.9 Å². The lowest BCUT2D eigenvalue weighted by atomic mass is 9.84. The molecule has 5 heteroatoms. The van der Waals surface area contributed by atoms with Crippen molar-refractivity contribution in [3.63, 3.8) is 0 Å². The molecule has 7 aromatic rings. The molecule has 7 rings (SSSR count). The molecule has 0 amide bonds. The maximum Gasteiger partial charge on any atom is 0.137 e. The summed E-state index contributed by atoms with van der Waals surface area (Å²) in [6.45, 7) is 22.6. The Morgan fingerprint density at radius 3 is 2.13 bits per heavy atom. The average Bonchev–Trinajstić information content (AvgIpc) is 3.70. The Morgan fingerprint density at radius 1 is 0.731 bits per heavy atom. The number of hydrogen-bond acceptors (Lipinski definition) is 3. The van der Waals surface area contributed by atoms with Gasteiger partial charge in [0.2, 0.25) is 0 Å². The number of para-hydroxylation sites is 1. The molecule has 0 saturated heterocycles. The molecule has 0 saturated carbocycles. The second-order valence-corrected chi connectivity index (χ2v) is 16.5. The zero-order valence-corrected chi connectivity index (χ0v) is 32.5. The van der Waals surface area contributed by atoms with Gasteiger partial charge in [0.25, 0.3) is 0 Å². The van der Waals surface area contributed by atoms with Crippen LogP contribution in [0.25, 0.3) is 44.4 Å². The van der Waals surface area contributed by atoms with Crippen molar-refractivity contribution in [3.8, 4) is 34.1 Å². The van der Waals surface area contributed by atoms with Crippen molar-refractivity contribution in [1.82, 2.24) is 19.3 Å². The molecule has 3 aromatic heterocycles. The highest BCUT2D eigenvalue weighted by Crippen LogP contribution is 2.39. The summed E-state index contributed by atoms with van der Waals surface area (Å²) in [5.41, 5.74) is 12.1. The zero-order chi connectivity index (χ0) is 36.9. The molecule has 0 atom stereocenters. The molecule has 0 aliphatic carbocycles. The van der Waals surface area contributed by atoms with E-state index in [2.05, 4.69) is 165 Å². The Bertz CT molecular complexity index is 2370. The fourth-order valence-corrected chi connectivity index (χ4v) is 7.51. The molecular weight excluding hydrogens is 637 g/mol. The molecule has 0 fully saturated rings. The van der Waals surface area contributed by atoms with Crippen LogP contribution in [0.3, 0.4) is 0 Å². The van der Waals surface area contributed by atoms with Crippen LogP contribution in [0.15, 0.2) is 104 Å². The SMILES string of the molecule is Cc1cc(C(C)C)c(-c2cnn(-c3cc(CC(C)C)cc(Oc4ccc5c6ccccc6n(-c6cc(C(C)(C)C)ccn6)c5c4)c3)c2)c(C(C)C)c1. The summed E-state index contributed by atoms with van der Waals surface area (Å²) in [5, 5.41) is 7.30. The highest BCUT2D eigenvalue weighted by Gasteiger charge is 2.20. The van der Waals surface area contributed by atoms with Gasteiger partial charge in [0, 0.05) is 40.9 Å². The third kappa shape index (κ3) is 6.89. The summed E-state index contributed by atoms with van der Waals surface area (Å²) in [7, 11) is 0. The summed E-state index contributed by atoms with van der Waals surface area (Å²) in [6.07, 6.45) is 7.07. The molecule has 3 heterocycles. The van der Waals surface area contributed by atoms with Crippen LogP contribution in [0.2, 0.25) is 0 Å². The van der Waals surface area contributed by atoms with Crippen LogP contribution in [-0.2, 0) is 11.8 Å². The number of hydrogen-bond donors (Lipinski definition) is 0. The van der Waals surface area contributed by atoms with Gasteiger partial charge in [0.05, 0.1) is 22.9 Å². The van der Waals surface area contributed by atoms with Crippen molar-refractivity contribution in [1.29, 1.82) is 0 Å². The topological polar surface area (TPSA) is 44.9 Å². The number of rotatable bonds is 9. The number of fused-ring (bicyclic) bond motifs is 3. The standard InChI is InChI=1S/C47H52N4O/c1-29(2)19-33-22-36(50-28-34(27-49-50)46-41(30(3)4)20-32(7)21-42(46)31(5)6)25-38(23-33)52-37-15-16-40-39-13-11-12-14-43(39)51(44(40)26-37)45-24-35(17-18-48-45)47(8,9)10/h11-18,20-31H,19H2,1-10H3. The van der Waals surface area contributed by atoms with E-state index in [9.17, 15) is 0 Å². The van der Waals surface area contributed by atoms with E-state index in [-0.39, 0.29) is 5.41 Å². The summed E-state index contributed by atoms with van der Waals surface area (Å²) >= 11 is 0. The summed E-state index contributed by atoms with van der Waals surface area (Å²) < 4.78 is 11.0. The van der Waals surface area contributed by atoms with Gasteiger partial charge in [0.1, 0.15) is 17.3 Å². The lowest BCUT2D eigenvalue weighted by Crippen LogP contribution is -2.12. The first-order valence-electron chi connectivity index (χ1n) is 18.8. The third-order valence-electron chi connectivity index (χ3n) is 10.0. The van der Waals surface area contributed by atoms with E-state index in [1.165, 1.54) is 44.2 Å². The quantitative estimate of drug-likeness (QED) is 0.152. The van der Waals surface area contributed by atoms with E-state index in [0.717, 1.165) is 46.0 Å². The summed E-state index contributed by atoms with van der Waals surface area (Å²) in [6, 6.07) is 30.5. The first-order chi connectivity index (χ1) is 24.8. The summed E-state index contributed by atoms with van der Waals surface area (Å²) in [4.78, 5) is 4.86. The molecule has 4 aromatic carbocycles. The Balaban J connectivity index is 1.31. The van der Waals surface area contributed by atoms with Gasteiger partial charge in [0.15, 0.2) is 0 Å². The van der Waals surface area contributed by atoms with Gasteiger partial charge >= 0.3 is 0 Å². The Kier molecular flexibility index (Phi) is 9.33. The van der Waals surface area contributed by atoms with Crippen LogP contribution in [0.1, 0.15) is 102 Å². The average molecular weight is 689 g/mol. The minimum absolute atomic E-state index is 0.00629. The van der Waals surface area contributed by atoms with Crippen LogP contribution < -0.4 is 4.74 Å². The third-order valence-corrected chi connectivity index (χ3v) is 10.0. The molecule has 0 unspecified atom stereocenters. The van der Waals surface area contributed by atoms with E-state index in [1.807, 2.05) is 17.1 Å². The van der Waals surface area contributed by atoms with Gasteiger partial charge < -0.3 is 4.74 Å². The van der Waals surface area contributed by atoms with Crippen LogP contribution in [0, 0.1) is 12.8 Å². The molecule has 0 bridgehead atoms. The van der Waals surface area contributed by atoms with Crippen molar-refractivity contribution in [3.05, 3.63) is 131 Å². The van der Waals surface area contributed by atoms with Crippen LogP contribution >= 0.6 is 0 Å². The second-order valence-electron chi connectivity index (χ2n) is 16.5. The largest absolute Gasteiger partial charge is 0.457 e. The zero-order valence-electron chi connectivity index (χ0n) is 32.5. The van der Waals surface area contributed by atoms with Gasteiger partial charge in [-0.3, -0.25) is 4.57 Å². The summed E-state index contributed by atoms with van der Waals surface area (Å²) in [5.74, 6) is 3.77. The van der Waals surface area contributed by atoms with E-state index >= 15 is 0 Å². The van der Waals surface area contributed by atoms with Gasteiger partial charge in [-0.15, -0.1) is 0 Å². The van der Waals surface area contributed by atoms with E-state index < -0.39 is 0 Å². The van der Waals surface area contributed by atoms with E-state index in [0.29, 0.717) is 17.8 Å². The molecule has 5 nitrogen and oxygen atoms in total. The van der Waals surface area contributed by atoms with Crippen molar-refractivity contribution >= 4 is 21.8 Å². The van der Waals surface area contributed by atoms with Crippen LogP contribution in [0.5, 0.6) is 11.5 Å². The molecule has 0 aliphatic heterocycles. The van der Waals surface area contributed by atoms with Crippen LogP contribution in [0.4, 0.5) is 0 Å². The Hall–Kier alpha value is -5.16. The first-order valence-corrected chi connectivity index (χ1v) is 18.8. The number of nitrogens with zero attached hydrogens (tertiary/aromatic N) is 4. The normalized spacial score (nSPS) is 12.2. The smallest absolute Gasteiger partial charge is 0.137 e. The van der Waals surface area contributed by atoms with Gasteiger partial charge in [-0.25, -0.2) is 9.67 Å². The fraction of sp³-hybridized carbons (Fsp3) is 0.319. The predicted octanol–water partition coefficient (Wildman–Crippen LogP) is 12.9. The minimum Gasteiger partial charge on any atom is -0.457 e. The molecule has 0 N–H and O–H groups in total. The molecule has 0 aliphatic rings. The van der Waals surface area contributed by atoms with E-state index in [1.54, 1.807) is 0 Å². The lowest BCUT2D eigenvalue weighted by Gasteiger charge is -2.20. The highest BCUT2D eigenvalue weighted by atomic mass is 16.5. The molecule has 0 radical (unpaired) electrons. The van der Waals surface area contributed by atoms with Gasteiger partial charge in [-0.1, -0.05) is 98.2 Å². The Morgan fingerprint density at radius 2 is 1.44 bits per heavy atom. The fourth-order valence-electron chi connectivity index (χ4n) is 7.51. The number of ether oxygens (including phenoxy) is 1. The number of aromatic nitrogens is 4. The second kappa shape index (κ2) is 13.8. The number of benzene rings is 4. The van der Waals surface area contributed by atoms with Crippen molar-refractivity contribution in [2.75, 3.05) is 0 Å². The van der Waals surface area contributed by atoms with Crippen molar-refractivity contribution in [2.24, 2.45) is 5.92 Å². The van der Waals surface area contributed by atoms with Gasteiger partial charge in [-0.2, -0.15) is 5.10 Å². The molecule has 52 heavy (non-hydrogen) atoms. The number of aryl methyl sites for hydroxylation is 1. The maximum absolute atomic E-state index is 6.77. The molecule has 0 spiro atoms. The minimum atomic E-state index is 0.00629. The molecule has 266 valence electrons. The predicted molar refractivity (Wildman–Crippen MR) is 218 cm³/mol. The van der Waals surface area contributed by atoms with E-state index in [4.69, 9.17) is 14.8 Å². The number of pyridine rings is 1. The lowest BCUT2D eigenvalue weighted by molar-refractivity contribution is 0.481. The monoisotopic (exact) mass is 688 g/mol. The first kappa shape index (κ1) is 35.3.